The first kappa shape index (κ1) is 17.4. The van der Waals surface area contributed by atoms with Crippen LogP contribution in [0.25, 0.3) is 0 Å². The molecule has 0 unspecified atom stereocenters. The monoisotopic (exact) mass is 272 g/mol. The van der Waals surface area contributed by atoms with Gasteiger partial charge in [-0.25, -0.2) is 4.79 Å². The lowest BCUT2D eigenvalue weighted by Crippen LogP contribution is -2.54. The van der Waals surface area contributed by atoms with E-state index in [0.717, 1.165) is 0 Å². The van der Waals surface area contributed by atoms with Gasteiger partial charge in [0.15, 0.2) is 0 Å². The zero-order valence-corrected chi connectivity index (χ0v) is 12.2. The van der Waals surface area contributed by atoms with E-state index < -0.39 is 24.0 Å². The van der Waals surface area contributed by atoms with Gasteiger partial charge >= 0.3 is 5.97 Å². The average molecular weight is 272 g/mol. The van der Waals surface area contributed by atoms with Crippen LogP contribution in [-0.4, -0.2) is 35.0 Å². The van der Waals surface area contributed by atoms with Gasteiger partial charge in [0.2, 0.25) is 11.8 Å². The summed E-state index contributed by atoms with van der Waals surface area (Å²) in [6.45, 7) is 8.53. The Labute approximate surface area is 113 Å². The fourth-order valence-electron chi connectivity index (χ4n) is 1.68. The lowest BCUT2D eigenvalue weighted by atomic mass is 9.97. The molecule has 2 amide bonds. The fraction of sp³-hybridized carbons (Fsp3) is 0.769. The summed E-state index contributed by atoms with van der Waals surface area (Å²) in [4.78, 5) is 34.3. The second kappa shape index (κ2) is 7.76. The number of nitrogens with one attached hydrogen (secondary N) is 2. The van der Waals surface area contributed by atoms with Crippen LogP contribution in [0.5, 0.6) is 0 Å². The molecular weight excluding hydrogens is 248 g/mol. The van der Waals surface area contributed by atoms with E-state index in [4.69, 9.17) is 5.11 Å². The van der Waals surface area contributed by atoms with Crippen molar-refractivity contribution in [1.82, 2.24) is 10.6 Å². The lowest BCUT2D eigenvalue weighted by Gasteiger charge is -2.25. The molecule has 0 rings (SSSR count). The molecule has 0 spiro atoms. The van der Waals surface area contributed by atoms with Crippen LogP contribution >= 0.6 is 0 Å². The van der Waals surface area contributed by atoms with Crippen molar-refractivity contribution in [3.8, 4) is 0 Å². The molecule has 0 bridgehead atoms. The number of hydrogen-bond donors (Lipinski definition) is 3. The van der Waals surface area contributed by atoms with Gasteiger partial charge in [-0.15, -0.1) is 0 Å². The highest BCUT2D eigenvalue weighted by atomic mass is 16.4. The molecule has 0 aromatic carbocycles. The summed E-state index contributed by atoms with van der Waals surface area (Å²) in [7, 11) is 0. The second-order valence-electron chi connectivity index (χ2n) is 5.13. The molecule has 0 radical (unpaired) electrons. The Bertz CT molecular complexity index is 342. The molecule has 0 heterocycles. The summed E-state index contributed by atoms with van der Waals surface area (Å²) in [6, 6.07) is -1.66. The number of rotatable bonds is 7. The van der Waals surface area contributed by atoms with Crippen LogP contribution in [0.2, 0.25) is 0 Å². The molecule has 110 valence electrons. The van der Waals surface area contributed by atoms with Gasteiger partial charge in [0.25, 0.3) is 0 Å². The van der Waals surface area contributed by atoms with E-state index in [-0.39, 0.29) is 17.7 Å². The third-order valence-electron chi connectivity index (χ3n) is 3.08. The van der Waals surface area contributed by atoms with Crippen molar-refractivity contribution in [2.45, 2.75) is 53.1 Å². The minimum absolute atomic E-state index is 0.115. The number of carboxylic acid groups (broad SMARTS) is 1. The Kier molecular flexibility index (Phi) is 7.11. The Hall–Kier alpha value is -1.59. The highest BCUT2D eigenvalue weighted by Crippen LogP contribution is 2.10. The van der Waals surface area contributed by atoms with Crippen LogP contribution in [0.3, 0.4) is 0 Å². The van der Waals surface area contributed by atoms with E-state index in [1.807, 2.05) is 6.92 Å². The third kappa shape index (κ3) is 5.72. The summed E-state index contributed by atoms with van der Waals surface area (Å²) in [5.41, 5.74) is 0. The standard InChI is InChI=1S/C13H24N2O4/c1-6-8(4)11(13(18)19)15-12(17)10(7(2)3)14-9(5)16/h7-8,10-11H,6H2,1-5H3,(H,14,16)(H,15,17)(H,18,19)/t8-,10+,11+/m0/s1. The molecule has 3 N–H and O–H groups in total. The van der Waals surface area contributed by atoms with E-state index in [2.05, 4.69) is 10.6 Å². The van der Waals surface area contributed by atoms with Gasteiger partial charge in [0.05, 0.1) is 0 Å². The molecule has 0 saturated heterocycles. The molecule has 0 aliphatic carbocycles. The smallest absolute Gasteiger partial charge is 0.326 e. The Morgan fingerprint density at radius 2 is 1.58 bits per heavy atom. The molecule has 0 aliphatic heterocycles. The SMILES string of the molecule is CC[C@H](C)[C@@H](NC(=O)[C@H](NC(C)=O)C(C)C)C(=O)O. The van der Waals surface area contributed by atoms with Gasteiger partial charge in [-0.05, 0) is 11.8 Å². The first-order chi connectivity index (χ1) is 8.70. The van der Waals surface area contributed by atoms with Gasteiger partial charge in [-0.3, -0.25) is 9.59 Å². The maximum Gasteiger partial charge on any atom is 0.326 e. The summed E-state index contributed by atoms with van der Waals surface area (Å²) < 4.78 is 0. The number of carbonyl (C=O) groups excluding carboxylic acids is 2. The van der Waals surface area contributed by atoms with Crippen LogP contribution in [0.1, 0.15) is 41.0 Å². The molecule has 6 heteroatoms. The zero-order valence-electron chi connectivity index (χ0n) is 12.2. The normalized spacial score (nSPS) is 15.5. The van der Waals surface area contributed by atoms with Gasteiger partial charge in [-0.2, -0.15) is 0 Å². The number of hydrogen-bond acceptors (Lipinski definition) is 3. The summed E-state index contributed by atoms with van der Waals surface area (Å²) in [5.74, 6) is -2.13. The molecule has 6 nitrogen and oxygen atoms in total. The Morgan fingerprint density at radius 1 is 1.05 bits per heavy atom. The number of carboxylic acids is 1. The van der Waals surface area contributed by atoms with Crippen LogP contribution < -0.4 is 10.6 Å². The fourth-order valence-corrected chi connectivity index (χ4v) is 1.68. The van der Waals surface area contributed by atoms with Gasteiger partial charge < -0.3 is 15.7 Å². The quantitative estimate of drug-likeness (QED) is 0.637. The van der Waals surface area contributed by atoms with Crippen molar-refractivity contribution in [1.29, 1.82) is 0 Å². The minimum Gasteiger partial charge on any atom is -0.480 e. The number of aliphatic carboxylic acids is 1. The van der Waals surface area contributed by atoms with Crippen molar-refractivity contribution < 1.29 is 19.5 Å². The predicted octanol–water partition coefficient (Wildman–Crippen LogP) is 0.763. The summed E-state index contributed by atoms with van der Waals surface area (Å²) >= 11 is 0. The molecular formula is C13H24N2O4. The summed E-state index contributed by atoms with van der Waals surface area (Å²) in [6.07, 6.45) is 0.643. The van der Waals surface area contributed by atoms with Crippen LogP contribution in [-0.2, 0) is 14.4 Å². The van der Waals surface area contributed by atoms with Crippen molar-refractivity contribution in [2.75, 3.05) is 0 Å². The lowest BCUT2D eigenvalue weighted by molar-refractivity contribution is -0.144. The molecule has 0 fully saturated rings. The highest BCUT2D eigenvalue weighted by Gasteiger charge is 2.30. The van der Waals surface area contributed by atoms with Gasteiger partial charge in [-0.1, -0.05) is 34.1 Å². The van der Waals surface area contributed by atoms with E-state index in [1.165, 1.54) is 6.92 Å². The van der Waals surface area contributed by atoms with Crippen LogP contribution in [0, 0.1) is 11.8 Å². The third-order valence-corrected chi connectivity index (χ3v) is 3.08. The van der Waals surface area contributed by atoms with E-state index >= 15 is 0 Å². The molecule has 0 aromatic heterocycles. The Morgan fingerprint density at radius 3 is 1.89 bits per heavy atom. The molecule has 0 aliphatic rings. The largest absolute Gasteiger partial charge is 0.480 e. The average Bonchev–Trinajstić information content (AvgIpc) is 2.30. The molecule has 3 atom stereocenters. The first-order valence-corrected chi connectivity index (χ1v) is 6.50. The van der Waals surface area contributed by atoms with Gasteiger partial charge in [0.1, 0.15) is 12.1 Å². The molecule has 0 aromatic rings. The van der Waals surface area contributed by atoms with Crippen molar-refractivity contribution in [3.05, 3.63) is 0 Å². The second-order valence-corrected chi connectivity index (χ2v) is 5.13. The zero-order chi connectivity index (χ0) is 15.2. The summed E-state index contributed by atoms with van der Waals surface area (Å²) in [5, 5.41) is 14.2. The molecule has 19 heavy (non-hydrogen) atoms. The Balaban J connectivity index is 4.85. The van der Waals surface area contributed by atoms with E-state index in [1.54, 1.807) is 20.8 Å². The molecule has 0 saturated carbocycles. The maximum atomic E-state index is 12.1. The van der Waals surface area contributed by atoms with Crippen molar-refractivity contribution >= 4 is 17.8 Å². The topological polar surface area (TPSA) is 95.5 Å². The van der Waals surface area contributed by atoms with Crippen molar-refractivity contribution in [2.24, 2.45) is 11.8 Å². The van der Waals surface area contributed by atoms with E-state index in [9.17, 15) is 14.4 Å². The number of carbonyl (C=O) groups is 3. The predicted molar refractivity (Wildman–Crippen MR) is 71.5 cm³/mol. The maximum absolute atomic E-state index is 12.1. The van der Waals surface area contributed by atoms with Crippen LogP contribution in [0.15, 0.2) is 0 Å². The van der Waals surface area contributed by atoms with Crippen molar-refractivity contribution in [3.63, 3.8) is 0 Å². The van der Waals surface area contributed by atoms with Crippen LogP contribution in [0.4, 0.5) is 0 Å². The number of amides is 2. The van der Waals surface area contributed by atoms with Gasteiger partial charge in [0, 0.05) is 6.92 Å². The van der Waals surface area contributed by atoms with E-state index in [0.29, 0.717) is 6.42 Å². The first-order valence-electron chi connectivity index (χ1n) is 6.50. The minimum atomic E-state index is -1.06. The highest BCUT2D eigenvalue weighted by molar-refractivity contribution is 5.90.